The van der Waals surface area contributed by atoms with Crippen LogP contribution < -0.4 is 19.8 Å². The number of fused-ring (bicyclic) bond motifs is 1. The van der Waals surface area contributed by atoms with Crippen molar-refractivity contribution in [3.63, 3.8) is 0 Å². The number of pyridine rings is 1. The minimum Gasteiger partial charge on any atom is -0.293 e. The van der Waals surface area contributed by atoms with Crippen LogP contribution in [0.5, 0.6) is 0 Å². The van der Waals surface area contributed by atoms with E-state index in [2.05, 4.69) is 78.0 Å². The molecular weight excluding hydrogens is 279 g/mol. The molecule has 0 unspecified atom stereocenters. The number of hydrogen-bond acceptors (Lipinski definition) is 1. The van der Waals surface area contributed by atoms with E-state index in [1.165, 1.54) is 47.5 Å². The van der Waals surface area contributed by atoms with Crippen LogP contribution in [-0.2, 0) is 7.05 Å². The van der Waals surface area contributed by atoms with Gasteiger partial charge in [0.25, 0.3) is 5.82 Å². The second-order valence-electron chi connectivity index (χ2n) is 6.98. The Hall–Kier alpha value is -2.03. The lowest BCUT2D eigenvalue weighted by Gasteiger charge is -2.21. The van der Waals surface area contributed by atoms with Crippen LogP contribution in [-0.4, -0.2) is 6.85 Å². The van der Waals surface area contributed by atoms with Gasteiger partial charge in [0.15, 0.2) is 0 Å². The first-order chi connectivity index (χ1) is 11.2. The lowest BCUT2D eigenvalue weighted by atomic mass is 9.61. The summed E-state index contributed by atoms with van der Waals surface area (Å²) in [5, 5.41) is 2.64. The van der Waals surface area contributed by atoms with E-state index in [-0.39, 0.29) is 0 Å². The Labute approximate surface area is 138 Å². The molecule has 1 saturated carbocycles. The van der Waals surface area contributed by atoms with Crippen LogP contribution in [0.25, 0.3) is 12.2 Å². The zero-order chi connectivity index (χ0) is 15.8. The van der Waals surface area contributed by atoms with Crippen LogP contribution in [0.1, 0.15) is 37.2 Å². The molecule has 116 valence electrons. The summed E-state index contributed by atoms with van der Waals surface area (Å²) in [7, 11) is 2.15. The third kappa shape index (κ3) is 2.69. The minimum atomic E-state index is 0.370. The van der Waals surface area contributed by atoms with E-state index in [1.54, 1.807) is 0 Å². The molecule has 1 aromatic heterocycles. The van der Waals surface area contributed by atoms with Crippen molar-refractivity contribution in [3.8, 4) is 0 Å². The molecule has 0 spiro atoms. The molecule has 2 heterocycles. The molecule has 1 aromatic carbocycles. The number of benzene rings is 1. The van der Waals surface area contributed by atoms with E-state index in [0.717, 1.165) is 5.92 Å². The van der Waals surface area contributed by atoms with Crippen molar-refractivity contribution in [1.82, 2.24) is 0 Å². The Morgan fingerprint density at radius 3 is 2.61 bits per heavy atom. The van der Waals surface area contributed by atoms with Gasteiger partial charge in [0, 0.05) is 11.3 Å². The highest BCUT2D eigenvalue weighted by molar-refractivity contribution is 6.76. The number of anilines is 1. The standard InChI is InChI=1S/C20H24BN2/c1-21-14-18-9-5-6-10-19(18)15-23(21)20-13-17(11-12-22(20)2)16-7-3-4-8-16/h5-6,9-16H,3-4,7-8H2,1-2H3/q+1. The van der Waals surface area contributed by atoms with Crippen LogP contribution in [0.3, 0.4) is 0 Å². The third-order valence-corrected chi connectivity index (χ3v) is 5.37. The largest absolute Gasteiger partial charge is 0.402 e. The normalized spacial score (nSPS) is 17.7. The van der Waals surface area contributed by atoms with Crippen molar-refractivity contribution in [3.05, 3.63) is 58.6 Å². The third-order valence-electron chi connectivity index (χ3n) is 5.37. The van der Waals surface area contributed by atoms with Crippen LogP contribution in [0.2, 0.25) is 6.82 Å². The summed E-state index contributed by atoms with van der Waals surface area (Å²) in [5.41, 5.74) is 1.51. The molecule has 23 heavy (non-hydrogen) atoms. The first-order valence-corrected chi connectivity index (χ1v) is 8.79. The molecule has 1 aliphatic carbocycles. The van der Waals surface area contributed by atoms with Gasteiger partial charge in [0.05, 0.1) is 19.4 Å². The molecule has 3 heteroatoms. The first kappa shape index (κ1) is 14.6. The summed E-state index contributed by atoms with van der Waals surface area (Å²) in [6.45, 7) is 2.64. The average molecular weight is 303 g/mol. The molecule has 1 aliphatic heterocycles. The Morgan fingerprint density at radius 1 is 1.09 bits per heavy atom. The van der Waals surface area contributed by atoms with E-state index in [1.807, 2.05) is 0 Å². The van der Waals surface area contributed by atoms with Crippen LogP contribution in [0, 0.1) is 0 Å². The predicted octanol–water partition coefficient (Wildman–Crippen LogP) is 2.37. The van der Waals surface area contributed by atoms with Gasteiger partial charge < -0.3 is 0 Å². The van der Waals surface area contributed by atoms with Gasteiger partial charge in [0.1, 0.15) is 0 Å². The van der Waals surface area contributed by atoms with E-state index in [9.17, 15) is 0 Å². The molecule has 0 bridgehead atoms. The number of aromatic nitrogens is 1. The van der Waals surface area contributed by atoms with Gasteiger partial charge in [0.2, 0.25) is 0 Å². The summed E-state index contributed by atoms with van der Waals surface area (Å²) in [5.74, 6) is 4.40. The maximum Gasteiger partial charge on any atom is 0.402 e. The molecule has 2 nitrogen and oxygen atoms in total. The Kier molecular flexibility index (Phi) is 3.72. The first-order valence-electron chi connectivity index (χ1n) is 8.79. The highest BCUT2D eigenvalue weighted by Gasteiger charge is 2.29. The van der Waals surface area contributed by atoms with Crippen LogP contribution >= 0.6 is 0 Å². The monoisotopic (exact) mass is 303 g/mol. The number of aryl methyl sites for hydroxylation is 1. The van der Waals surface area contributed by atoms with Gasteiger partial charge in [-0.15, -0.1) is 0 Å². The van der Waals surface area contributed by atoms with Crippen molar-refractivity contribution in [2.24, 2.45) is 7.05 Å². The van der Waals surface area contributed by atoms with Gasteiger partial charge in [-0.2, -0.15) is 0 Å². The highest BCUT2D eigenvalue weighted by atomic mass is 15.2. The van der Waals surface area contributed by atoms with Gasteiger partial charge in [-0.1, -0.05) is 43.1 Å². The quantitative estimate of drug-likeness (QED) is 0.610. The zero-order valence-electron chi connectivity index (χ0n) is 14.1. The maximum atomic E-state index is 2.41. The topological polar surface area (TPSA) is 7.12 Å². The van der Waals surface area contributed by atoms with Crippen LogP contribution in [0.4, 0.5) is 5.82 Å². The minimum absolute atomic E-state index is 0.370. The summed E-state index contributed by atoms with van der Waals surface area (Å²) < 4.78 is 2.24. The van der Waals surface area contributed by atoms with Gasteiger partial charge in [-0.05, 0) is 42.4 Å². The predicted molar refractivity (Wildman–Crippen MR) is 97.5 cm³/mol. The van der Waals surface area contributed by atoms with Gasteiger partial charge in [-0.25, -0.2) is 4.57 Å². The van der Waals surface area contributed by atoms with Crippen LogP contribution in [0.15, 0.2) is 42.6 Å². The molecule has 2 aliphatic rings. The fourth-order valence-electron chi connectivity index (χ4n) is 4.01. The van der Waals surface area contributed by atoms with E-state index in [0.29, 0.717) is 6.85 Å². The van der Waals surface area contributed by atoms with E-state index in [4.69, 9.17) is 0 Å². The second kappa shape index (κ2) is 5.88. The van der Waals surface area contributed by atoms with Crippen molar-refractivity contribution in [2.75, 3.05) is 4.81 Å². The SMILES string of the molecule is CB1C=c2ccccc2=CN1c1cc(C2CCCC2)cc[n+]1C. The summed E-state index contributed by atoms with van der Waals surface area (Å²) in [6, 6.07) is 13.4. The number of rotatable bonds is 2. The summed E-state index contributed by atoms with van der Waals surface area (Å²) in [6.07, 6.45) is 9.99. The maximum absolute atomic E-state index is 2.41. The van der Waals surface area contributed by atoms with E-state index >= 15 is 0 Å². The summed E-state index contributed by atoms with van der Waals surface area (Å²) >= 11 is 0. The van der Waals surface area contributed by atoms with Crippen molar-refractivity contribution in [1.29, 1.82) is 0 Å². The second-order valence-corrected chi connectivity index (χ2v) is 6.98. The highest BCUT2D eigenvalue weighted by Crippen LogP contribution is 2.34. The number of nitrogens with zero attached hydrogens (tertiary/aromatic N) is 2. The molecule has 0 radical (unpaired) electrons. The van der Waals surface area contributed by atoms with Gasteiger partial charge in [-0.3, -0.25) is 4.81 Å². The Morgan fingerprint density at radius 2 is 1.83 bits per heavy atom. The summed E-state index contributed by atoms with van der Waals surface area (Å²) in [4.78, 5) is 2.40. The lowest BCUT2D eigenvalue weighted by Crippen LogP contribution is -2.48. The van der Waals surface area contributed by atoms with Crippen molar-refractivity contribution < 1.29 is 4.57 Å². The van der Waals surface area contributed by atoms with E-state index < -0.39 is 0 Å². The average Bonchev–Trinajstić information content (AvgIpc) is 3.09. The molecule has 4 rings (SSSR count). The fourth-order valence-corrected chi connectivity index (χ4v) is 4.01. The molecule has 0 atom stereocenters. The Balaban J connectivity index is 1.78. The number of hydrogen-bond donors (Lipinski definition) is 0. The zero-order valence-corrected chi connectivity index (χ0v) is 14.1. The van der Waals surface area contributed by atoms with Crippen molar-refractivity contribution in [2.45, 2.75) is 38.4 Å². The molecule has 2 aromatic rings. The Bertz CT molecular complexity index is 837. The molecule has 0 N–H and O–H groups in total. The smallest absolute Gasteiger partial charge is 0.293 e. The molecular formula is C20H24BN2+. The van der Waals surface area contributed by atoms with Crippen molar-refractivity contribution >= 4 is 24.8 Å². The fraction of sp³-hybridized carbons (Fsp3) is 0.350. The molecule has 0 amide bonds. The molecule has 1 fully saturated rings. The molecule has 0 saturated heterocycles. The lowest BCUT2D eigenvalue weighted by molar-refractivity contribution is -0.658. The van der Waals surface area contributed by atoms with Gasteiger partial charge >= 0.3 is 6.85 Å².